The molecule has 1 heterocycles. The van der Waals surface area contributed by atoms with Crippen LogP contribution in [0.2, 0.25) is 0 Å². The molecular formula is C22H26N2O3S. The Labute approximate surface area is 166 Å². The summed E-state index contributed by atoms with van der Waals surface area (Å²) < 4.78 is 28.0. The number of likely N-dealkylation sites (tertiary alicyclic amines) is 1. The van der Waals surface area contributed by atoms with Crippen LogP contribution >= 0.6 is 0 Å². The summed E-state index contributed by atoms with van der Waals surface area (Å²) in [5, 5.41) is 0. The number of nitrogens with zero attached hydrogens (tertiary/aromatic N) is 1. The zero-order chi connectivity index (χ0) is 19.7. The molecule has 2 fully saturated rings. The minimum atomic E-state index is -3.69. The van der Waals surface area contributed by atoms with Crippen LogP contribution in [0.4, 0.5) is 0 Å². The summed E-state index contributed by atoms with van der Waals surface area (Å²) >= 11 is 0. The van der Waals surface area contributed by atoms with Crippen molar-refractivity contribution in [1.29, 1.82) is 0 Å². The second kappa shape index (κ2) is 7.68. The van der Waals surface area contributed by atoms with Gasteiger partial charge in [0.25, 0.3) is 5.91 Å². The number of hydrogen-bond donors (Lipinski definition) is 1. The molecule has 1 saturated heterocycles. The maximum Gasteiger partial charge on any atom is 0.254 e. The Morgan fingerprint density at radius 3 is 2.43 bits per heavy atom. The molecule has 0 bridgehead atoms. The lowest BCUT2D eigenvalue weighted by Gasteiger charge is -2.46. The van der Waals surface area contributed by atoms with E-state index in [0.717, 1.165) is 30.1 Å². The lowest BCUT2D eigenvalue weighted by atomic mass is 9.72. The molecule has 2 aliphatic rings. The molecular weight excluding hydrogens is 372 g/mol. The number of aryl methyl sites for hydroxylation is 1. The number of carbonyl (C=O) groups excluding carboxylic acids is 1. The largest absolute Gasteiger partial charge is 0.338 e. The van der Waals surface area contributed by atoms with Gasteiger partial charge in [-0.15, -0.1) is 0 Å². The van der Waals surface area contributed by atoms with Crippen LogP contribution in [-0.4, -0.2) is 32.3 Å². The van der Waals surface area contributed by atoms with E-state index in [0.29, 0.717) is 11.5 Å². The van der Waals surface area contributed by atoms with Crippen molar-refractivity contribution in [2.24, 2.45) is 11.8 Å². The van der Waals surface area contributed by atoms with Gasteiger partial charge in [0, 0.05) is 25.2 Å². The SMILES string of the molecule is Cc1ccc(S(=O)(=O)NCc2ccccc2)cc1C(=O)N1CC(C2CCC2)C1. The number of hydrogen-bond acceptors (Lipinski definition) is 3. The molecule has 4 rings (SSSR count). The minimum Gasteiger partial charge on any atom is -0.338 e. The Morgan fingerprint density at radius 2 is 1.79 bits per heavy atom. The maximum absolute atomic E-state index is 12.9. The number of carbonyl (C=O) groups is 1. The predicted molar refractivity (Wildman–Crippen MR) is 108 cm³/mol. The molecule has 5 nitrogen and oxygen atoms in total. The fraction of sp³-hybridized carbons (Fsp3) is 0.409. The van der Waals surface area contributed by atoms with Gasteiger partial charge in [0.2, 0.25) is 10.0 Å². The Hall–Kier alpha value is -2.18. The van der Waals surface area contributed by atoms with Crippen LogP contribution in [-0.2, 0) is 16.6 Å². The van der Waals surface area contributed by atoms with Gasteiger partial charge in [-0.3, -0.25) is 4.79 Å². The first-order valence-corrected chi connectivity index (χ1v) is 11.4. The highest BCUT2D eigenvalue weighted by atomic mass is 32.2. The molecule has 1 saturated carbocycles. The first-order valence-electron chi connectivity index (χ1n) is 9.87. The molecule has 2 aromatic rings. The van der Waals surface area contributed by atoms with Gasteiger partial charge in [0.05, 0.1) is 4.90 Å². The predicted octanol–water partition coefficient (Wildman–Crippen LogP) is 3.35. The van der Waals surface area contributed by atoms with Gasteiger partial charge in [-0.2, -0.15) is 0 Å². The Kier molecular flexibility index (Phi) is 5.25. The van der Waals surface area contributed by atoms with E-state index in [2.05, 4.69) is 4.72 Å². The van der Waals surface area contributed by atoms with Crippen LogP contribution in [0.25, 0.3) is 0 Å². The van der Waals surface area contributed by atoms with Gasteiger partial charge >= 0.3 is 0 Å². The van der Waals surface area contributed by atoms with E-state index in [1.807, 2.05) is 42.2 Å². The number of rotatable bonds is 6. The lowest BCUT2D eigenvalue weighted by molar-refractivity contribution is 0.0220. The van der Waals surface area contributed by atoms with E-state index in [1.54, 1.807) is 12.1 Å². The molecule has 28 heavy (non-hydrogen) atoms. The molecule has 0 radical (unpaired) electrons. The summed E-state index contributed by atoms with van der Waals surface area (Å²) in [6.07, 6.45) is 3.88. The van der Waals surface area contributed by atoms with Crippen LogP contribution in [0.3, 0.4) is 0 Å². The van der Waals surface area contributed by atoms with Crippen LogP contribution < -0.4 is 4.72 Å². The van der Waals surface area contributed by atoms with Gasteiger partial charge < -0.3 is 4.90 Å². The Balaban J connectivity index is 1.46. The summed E-state index contributed by atoms with van der Waals surface area (Å²) in [4.78, 5) is 14.9. The van der Waals surface area contributed by atoms with E-state index in [4.69, 9.17) is 0 Å². The Bertz CT molecular complexity index is 963. The second-order valence-electron chi connectivity index (χ2n) is 7.95. The van der Waals surface area contributed by atoms with Crippen molar-refractivity contribution < 1.29 is 13.2 Å². The van der Waals surface area contributed by atoms with Crippen molar-refractivity contribution in [2.45, 2.75) is 37.6 Å². The summed E-state index contributed by atoms with van der Waals surface area (Å²) in [7, 11) is -3.69. The number of amides is 1. The van der Waals surface area contributed by atoms with Crippen molar-refractivity contribution in [3.05, 3.63) is 65.2 Å². The van der Waals surface area contributed by atoms with Crippen molar-refractivity contribution >= 4 is 15.9 Å². The van der Waals surface area contributed by atoms with Crippen LogP contribution in [0.1, 0.15) is 40.7 Å². The molecule has 1 N–H and O–H groups in total. The highest BCUT2D eigenvalue weighted by Gasteiger charge is 2.39. The van der Waals surface area contributed by atoms with E-state index in [-0.39, 0.29) is 17.3 Å². The summed E-state index contributed by atoms with van der Waals surface area (Å²) in [5.74, 6) is 1.34. The third kappa shape index (κ3) is 3.84. The molecule has 0 unspecified atom stereocenters. The summed E-state index contributed by atoms with van der Waals surface area (Å²) in [6.45, 7) is 3.66. The highest BCUT2D eigenvalue weighted by Crippen LogP contribution is 2.38. The standard InChI is InChI=1S/C22H26N2O3S/c1-16-10-11-20(28(26,27)23-13-17-6-3-2-4-7-17)12-21(16)22(25)24-14-19(15-24)18-8-5-9-18/h2-4,6-7,10-12,18-19,23H,5,8-9,13-15H2,1H3. The molecule has 0 atom stereocenters. The third-order valence-corrected chi connectivity index (χ3v) is 7.47. The minimum absolute atomic E-state index is 0.0619. The van der Waals surface area contributed by atoms with Gasteiger partial charge in [-0.1, -0.05) is 55.7 Å². The normalized spacial score (nSPS) is 17.8. The second-order valence-corrected chi connectivity index (χ2v) is 9.72. The van der Waals surface area contributed by atoms with E-state index >= 15 is 0 Å². The van der Waals surface area contributed by atoms with Gasteiger partial charge in [0.15, 0.2) is 0 Å². The topological polar surface area (TPSA) is 66.5 Å². The first kappa shape index (κ1) is 19.2. The third-order valence-electron chi connectivity index (χ3n) is 6.07. The highest BCUT2D eigenvalue weighted by molar-refractivity contribution is 7.89. The monoisotopic (exact) mass is 398 g/mol. The van der Waals surface area contributed by atoms with Gasteiger partial charge in [-0.05, 0) is 42.0 Å². The maximum atomic E-state index is 12.9. The van der Waals surface area contributed by atoms with Crippen molar-refractivity contribution in [1.82, 2.24) is 9.62 Å². The number of nitrogens with one attached hydrogen (secondary N) is 1. The van der Waals surface area contributed by atoms with E-state index in [1.165, 1.54) is 25.3 Å². The van der Waals surface area contributed by atoms with Crippen molar-refractivity contribution in [3.63, 3.8) is 0 Å². The Morgan fingerprint density at radius 1 is 1.07 bits per heavy atom. The van der Waals surface area contributed by atoms with Gasteiger partial charge in [-0.25, -0.2) is 13.1 Å². The zero-order valence-corrected chi connectivity index (χ0v) is 16.9. The number of benzene rings is 2. The average Bonchev–Trinajstić information content (AvgIpc) is 2.61. The van der Waals surface area contributed by atoms with Crippen LogP contribution in [0, 0.1) is 18.8 Å². The fourth-order valence-corrected chi connectivity index (χ4v) is 4.96. The quantitative estimate of drug-likeness (QED) is 0.812. The van der Waals surface area contributed by atoms with Crippen molar-refractivity contribution in [2.75, 3.05) is 13.1 Å². The van der Waals surface area contributed by atoms with E-state index < -0.39 is 10.0 Å². The smallest absolute Gasteiger partial charge is 0.254 e. The summed E-state index contributed by atoms with van der Waals surface area (Å²) in [5.41, 5.74) is 2.17. The average molecular weight is 399 g/mol. The molecule has 1 aliphatic heterocycles. The molecule has 1 amide bonds. The molecule has 0 aromatic heterocycles. The molecule has 6 heteroatoms. The van der Waals surface area contributed by atoms with Crippen molar-refractivity contribution in [3.8, 4) is 0 Å². The summed E-state index contributed by atoms with van der Waals surface area (Å²) in [6, 6.07) is 14.2. The lowest BCUT2D eigenvalue weighted by Crippen LogP contribution is -2.53. The van der Waals surface area contributed by atoms with E-state index in [9.17, 15) is 13.2 Å². The molecule has 148 valence electrons. The first-order chi connectivity index (χ1) is 13.4. The zero-order valence-electron chi connectivity index (χ0n) is 16.1. The molecule has 2 aromatic carbocycles. The van der Waals surface area contributed by atoms with Crippen LogP contribution in [0.15, 0.2) is 53.4 Å². The van der Waals surface area contributed by atoms with Gasteiger partial charge in [0.1, 0.15) is 0 Å². The molecule has 0 spiro atoms. The molecule has 1 aliphatic carbocycles. The van der Waals surface area contributed by atoms with Crippen LogP contribution in [0.5, 0.6) is 0 Å². The number of sulfonamides is 1. The fourth-order valence-electron chi connectivity index (χ4n) is 3.91.